The van der Waals surface area contributed by atoms with Gasteiger partial charge in [-0.25, -0.2) is 0 Å². The van der Waals surface area contributed by atoms with Crippen LogP contribution in [0.25, 0.3) is 0 Å². The van der Waals surface area contributed by atoms with E-state index in [2.05, 4.69) is 45.9 Å². The van der Waals surface area contributed by atoms with Gasteiger partial charge in [0.05, 0.1) is 64.0 Å². The molecular weight excluding hydrogens is 759 g/mol. The molecule has 0 N–H and O–H groups in total. The number of rotatable bonds is 13. The first kappa shape index (κ1) is 47.0. The summed E-state index contributed by atoms with van der Waals surface area (Å²) in [4.78, 5) is 0. The van der Waals surface area contributed by atoms with Crippen molar-refractivity contribution in [2.24, 2.45) is 0 Å². The minimum absolute atomic E-state index is 0. The Balaban J connectivity index is 0.00000600. The third-order valence-electron chi connectivity index (χ3n) is 9.14. The molecule has 0 aromatic heterocycles. The number of hydrogen-bond acceptors (Lipinski definition) is 9. The van der Waals surface area contributed by atoms with E-state index in [0.717, 1.165) is 31.9 Å². The molecule has 9 nitrogen and oxygen atoms in total. The first-order valence-electron chi connectivity index (χ1n) is 14.7. The van der Waals surface area contributed by atoms with Crippen LogP contribution in [0.1, 0.15) is 22.3 Å². The Hall–Kier alpha value is -2.99. The average Bonchev–Trinajstić information content (AvgIpc) is 3.28. The Labute approximate surface area is 330 Å². The Morgan fingerprint density at radius 1 is 0.420 bits per heavy atom. The van der Waals surface area contributed by atoms with Gasteiger partial charge in [-0.3, -0.25) is 0 Å². The van der Waals surface area contributed by atoms with Crippen molar-refractivity contribution in [3.05, 3.63) is 58.7 Å². The van der Waals surface area contributed by atoms with Crippen LogP contribution < -0.4 is 101 Å². The predicted octanol–water partition coefficient (Wildman–Crippen LogP) is -4.90. The molecule has 0 aliphatic heterocycles. The largest absolute Gasteiger partial charge is 4.00 e. The molecule has 0 fully saturated rings. The van der Waals surface area contributed by atoms with Crippen LogP contribution in [0.2, 0.25) is 0 Å². The smallest absolute Gasteiger partial charge is 1.00 e. The standard InChI is InChI=1S/C36H45O9Si.3ClH.Ti/c1-20-21(2)23(4)36(22(20)3)46(27-17-14-24(37-5)30(40-8)33(27)43-11,28-18-15-25(38-6)31(41-9)34(28)44-12)29-19-16-26(39-7)32(42-10)35(29)45-13;;;;/h14-19H,1-13H3;3*1H;/q-1;;;;+4/p-3. The van der Waals surface area contributed by atoms with E-state index in [1.165, 1.54) is 11.1 Å². The minimum atomic E-state index is -3.63. The van der Waals surface area contributed by atoms with Crippen LogP contribution in [-0.4, -0.2) is 72.1 Å². The molecule has 0 amide bonds. The van der Waals surface area contributed by atoms with Gasteiger partial charge in [-0.2, -0.15) is 27.4 Å². The molecule has 4 aromatic rings. The van der Waals surface area contributed by atoms with Crippen LogP contribution in [0, 0.1) is 27.7 Å². The summed E-state index contributed by atoms with van der Waals surface area (Å²) in [5, 5.41) is 3.77. The fourth-order valence-electron chi connectivity index (χ4n) is 6.81. The molecule has 4 aromatic carbocycles. The van der Waals surface area contributed by atoms with Crippen LogP contribution in [0.4, 0.5) is 0 Å². The van der Waals surface area contributed by atoms with Crippen molar-refractivity contribution in [2.45, 2.75) is 27.7 Å². The second kappa shape index (κ2) is 19.6. The van der Waals surface area contributed by atoms with Crippen molar-refractivity contribution in [3.8, 4) is 51.7 Å². The zero-order valence-electron chi connectivity index (χ0n) is 30.8. The molecule has 0 atom stereocenters. The fraction of sp³-hybridized carbons (Fsp3) is 0.361. The number of benzene rings is 3. The van der Waals surface area contributed by atoms with Crippen molar-refractivity contribution in [3.63, 3.8) is 0 Å². The van der Waals surface area contributed by atoms with Crippen LogP contribution in [-0.2, 0) is 21.7 Å². The second-order valence-corrected chi connectivity index (χ2v) is 14.4. The summed E-state index contributed by atoms with van der Waals surface area (Å²) in [6.45, 7) is 8.65. The Morgan fingerprint density at radius 2 is 0.700 bits per heavy atom. The predicted molar refractivity (Wildman–Crippen MR) is 184 cm³/mol. The molecule has 272 valence electrons. The van der Waals surface area contributed by atoms with E-state index in [1.54, 1.807) is 64.0 Å². The SMILES string of the molecule is COc1ccc([Si](c2ccc(OC)c(OC)c2OC)(c2ccc(OC)c(OC)c2OC)c2c(C)c(C)c(C)[c-]2C)c(OC)c1OC.[Cl-].[Cl-].[Cl-].[Ti+4]. The molecule has 0 radical (unpaired) electrons. The molecule has 0 aliphatic rings. The van der Waals surface area contributed by atoms with Gasteiger partial charge in [-0.1, -0.05) is 45.9 Å². The van der Waals surface area contributed by atoms with E-state index in [9.17, 15) is 0 Å². The molecular formula is C36H45Cl3O9SiTi. The van der Waals surface area contributed by atoms with Gasteiger partial charge in [0.1, 0.15) is 0 Å². The number of halogens is 3. The average molecular weight is 804 g/mol. The third-order valence-corrected chi connectivity index (χ3v) is 14.2. The van der Waals surface area contributed by atoms with Crippen molar-refractivity contribution in [1.29, 1.82) is 0 Å². The van der Waals surface area contributed by atoms with Crippen LogP contribution in [0.15, 0.2) is 36.4 Å². The number of methoxy groups -OCH3 is 9. The first-order chi connectivity index (χ1) is 22.1. The van der Waals surface area contributed by atoms with Crippen LogP contribution in [0.3, 0.4) is 0 Å². The van der Waals surface area contributed by atoms with E-state index in [0.29, 0.717) is 51.7 Å². The Morgan fingerprint density at radius 3 is 0.900 bits per heavy atom. The van der Waals surface area contributed by atoms with E-state index in [4.69, 9.17) is 42.6 Å². The van der Waals surface area contributed by atoms with Crippen molar-refractivity contribution in [1.82, 2.24) is 0 Å². The van der Waals surface area contributed by atoms with Gasteiger partial charge in [-0.15, -0.1) is 0 Å². The molecule has 4 rings (SSSR count). The second-order valence-electron chi connectivity index (χ2n) is 10.8. The van der Waals surface area contributed by atoms with Gasteiger partial charge >= 0.3 is 21.7 Å². The summed E-state index contributed by atoms with van der Waals surface area (Å²) in [5.74, 6) is 4.58. The molecule has 0 unspecified atom stereocenters. The Bertz CT molecular complexity index is 1570. The quantitative estimate of drug-likeness (QED) is 0.0752. The zero-order chi connectivity index (χ0) is 33.9. The molecule has 0 saturated heterocycles. The maximum absolute atomic E-state index is 6.28. The molecule has 0 aliphatic carbocycles. The van der Waals surface area contributed by atoms with Gasteiger partial charge < -0.3 is 79.9 Å². The first-order valence-corrected chi connectivity index (χ1v) is 16.7. The van der Waals surface area contributed by atoms with E-state index < -0.39 is 8.07 Å². The van der Waals surface area contributed by atoms with E-state index in [-0.39, 0.29) is 58.9 Å². The molecule has 14 heteroatoms. The van der Waals surface area contributed by atoms with Gasteiger partial charge in [0.2, 0.25) is 17.2 Å². The number of ether oxygens (including phenoxy) is 9. The summed E-state index contributed by atoms with van der Waals surface area (Å²) in [5.41, 5.74) is 4.68. The summed E-state index contributed by atoms with van der Waals surface area (Å²) in [6.07, 6.45) is 0. The third kappa shape index (κ3) is 7.20. The molecule has 0 heterocycles. The maximum Gasteiger partial charge on any atom is 4.00 e. The summed E-state index contributed by atoms with van der Waals surface area (Å²) >= 11 is 0. The molecule has 50 heavy (non-hydrogen) atoms. The van der Waals surface area contributed by atoms with E-state index in [1.807, 2.05) is 18.2 Å². The van der Waals surface area contributed by atoms with Crippen molar-refractivity contribution >= 4 is 28.8 Å². The van der Waals surface area contributed by atoms with Crippen molar-refractivity contribution < 1.29 is 102 Å². The van der Waals surface area contributed by atoms with Gasteiger partial charge in [-0.05, 0) is 33.8 Å². The van der Waals surface area contributed by atoms with Crippen LogP contribution in [0.5, 0.6) is 51.7 Å². The fourth-order valence-corrected chi connectivity index (χ4v) is 12.7. The molecule has 0 saturated carbocycles. The summed E-state index contributed by atoms with van der Waals surface area (Å²) in [6, 6.07) is 11.9. The van der Waals surface area contributed by atoms with E-state index >= 15 is 0 Å². The van der Waals surface area contributed by atoms with Crippen LogP contribution >= 0.6 is 0 Å². The van der Waals surface area contributed by atoms with Crippen molar-refractivity contribution in [2.75, 3.05) is 64.0 Å². The minimum Gasteiger partial charge on any atom is -1.00 e. The summed E-state index contributed by atoms with van der Waals surface area (Å²) in [7, 11) is 10.9. The maximum atomic E-state index is 6.28. The topological polar surface area (TPSA) is 83.1 Å². The zero-order valence-corrected chi connectivity index (χ0v) is 35.6. The molecule has 0 bridgehead atoms. The Kier molecular flexibility index (Phi) is 18.4. The monoisotopic (exact) mass is 802 g/mol. The summed E-state index contributed by atoms with van der Waals surface area (Å²) < 4.78 is 54.0. The van der Waals surface area contributed by atoms with Gasteiger partial charge in [0, 0.05) is 0 Å². The van der Waals surface area contributed by atoms with Gasteiger partial charge in [0.25, 0.3) is 0 Å². The van der Waals surface area contributed by atoms with Gasteiger partial charge in [0.15, 0.2) is 42.6 Å². The normalized spacial score (nSPS) is 10.3. The number of hydrogen-bond donors (Lipinski definition) is 0. The molecule has 0 spiro atoms.